The first-order valence-electron chi connectivity index (χ1n) is 16.2. The monoisotopic (exact) mass is 669 g/mol. The van der Waals surface area contributed by atoms with Gasteiger partial charge in [-0.2, -0.15) is 5.10 Å². The Morgan fingerprint density at radius 2 is 1.96 bits per heavy atom. The van der Waals surface area contributed by atoms with Gasteiger partial charge < -0.3 is 29.5 Å². The van der Waals surface area contributed by atoms with Crippen LogP contribution in [0, 0.1) is 0 Å². The summed E-state index contributed by atoms with van der Waals surface area (Å²) in [7, 11) is -2.92. The number of hydrogen-bond donors (Lipinski definition) is 4. The summed E-state index contributed by atoms with van der Waals surface area (Å²) < 4.78 is 29.4. The predicted molar refractivity (Wildman–Crippen MR) is 176 cm³/mol. The maximum atomic E-state index is 13.4. The molecule has 0 spiro atoms. The molecule has 0 saturated heterocycles. The highest BCUT2D eigenvalue weighted by atomic mass is 31.2. The number of nitrogens with one attached hydrogen (secondary N) is 2. The van der Waals surface area contributed by atoms with E-state index < -0.39 is 13.7 Å². The van der Waals surface area contributed by atoms with Gasteiger partial charge in [0.15, 0.2) is 18.1 Å². The molecule has 13 nitrogen and oxygen atoms in total. The SMILES string of the molecule is Cn1cc(-c2cccc(CCOCCC(=O)N(CCNCCc3ccc(OP(=O)(O)O)c4c3OCC(=O)N4)C3CCCCC3)c2)cn1. The van der Waals surface area contributed by atoms with Crippen LogP contribution in [-0.2, 0) is 38.8 Å². The van der Waals surface area contributed by atoms with E-state index in [0.29, 0.717) is 51.4 Å². The van der Waals surface area contributed by atoms with Gasteiger partial charge in [0.2, 0.25) is 5.91 Å². The smallest absolute Gasteiger partial charge is 0.481 e. The average molecular weight is 670 g/mol. The van der Waals surface area contributed by atoms with Gasteiger partial charge in [0.05, 0.1) is 25.8 Å². The first-order valence-corrected chi connectivity index (χ1v) is 17.7. The van der Waals surface area contributed by atoms with Crippen molar-refractivity contribution in [3.63, 3.8) is 0 Å². The van der Waals surface area contributed by atoms with Crippen molar-refractivity contribution in [2.75, 3.05) is 44.8 Å². The number of fused-ring (bicyclic) bond motifs is 1. The zero-order valence-corrected chi connectivity index (χ0v) is 27.6. The molecule has 0 bridgehead atoms. The van der Waals surface area contributed by atoms with E-state index in [1.54, 1.807) is 10.7 Å². The van der Waals surface area contributed by atoms with Crippen LogP contribution in [-0.4, -0.2) is 81.8 Å². The summed E-state index contributed by atoms with van der Waals surface area (Å²) in [6.45, 7) is 2.48. The van der Waals surface area contributed by atoms with Crippen molar-refractivity contribution >= 4 is 25.3 Å². The van der Waals surface area contributed by atoms with Gasteiger partial charge >= 0.3 is 7.82 Å². The Balaban J connectivity index is 1.08. The second-order valence-electron chi connectivity index (χ2n) is 11.9. The molecule has 1 saturated carbocycles. The van der Waals surface area contributed by atoms with Gasteiger partial charge in [0.1, 0.15) is 5.69 Å². The van der Waals surface area contributed by atoms with Gasteiger partial charge in [-0.15, -0.1) is 0 Å². The minimum absolute atomic E-state index is 0.108. The summed E-state index contributed by atoms with van der Waals surface area (Å²) >= 11 is 0. The minimum Gasteiger partial charge on any atom is -0.481 e. The van der Waals surface area contributed by atoms with Crippen molar-refractivity contribution in [2.24, 2.45) is 7.05 Å². The molecule has 1 fully saturated rings. The molecule has 5 rings (SSSR count). The van der Waals surface area contributed by atoms with Crippen molar-refractivity contribution < 1.29 is 37.9 Å². The number of carbonyl (C=O) groups is 2. The molecule has 0 unspecified atom stereocenters. The summed E-state index contributed by atoms with van der Waals surface area (Å²) in [5, 5.41) is 10.3. The lowest BCUT2D eigenvalue weighted by molar-refractivity contribution is -0.135. The Hall–Kier alpha value is -3.74. The van der Waals surface area contributed by atoms with E-state index in [1.165, 1.54) is 18.1 Å². The lowest BCUT2D eigenvalue weighted by Gasteiger charge is -2.34. The number of rotatable bonds is 16. The topological polar surface area (TPSA) is 164 Å². The fourth-order valence-corrected chi connectivity index (χ4v) is 6.54. The Labute approximate surface area is 274 Å². The highest BCUT2D eigenvalue weighted by Gasteiger charge is 2.28. The summed E-state index contributed by atoms with van der Waals surface area (Å²) in [4.78, 5) is 45.7. The van der Waals surface area contributed by atoms with E-state index in [1.807, 2.05) is 30.4 Å². The van der Waals surface area contributed by atoms with Crippen LogP contribution in [0.2, 0.25) is 0 Å². The Bertz CT molecular complexity index is 1570. The number of amides is 2. The highest BCUT2D eigenvalue weighted by molar-refractivity contribution is 7.46. The summed E-state index contributed by atoms with van der Waals surface area (Å²) in [5.41, 5.74) is 4.23. The standard InChI is InChI=1S/C33H44N5O8P/c1-37-22-27(21-35-37)26-7-5-6-24(20-26)13-18-44-19-14-31(40)38(28-8-3-2-4-9-28)17-16-34-15-12-25-10-11-29(46-47(41,42)43)32-33(25)45-23-30(39)36-32/h5-7,10-11,20-22,28,34H,2-4,8-9,12-19,23H2,1H3,(H,36,39)(H2,41,42,43). The summed E-state index contributed by atoms with van der Waals surface area (Å²) in [6.07, 6.45) is 11.0. The Kier molecular flexibility index (Phi) is 12.1. The van der Waals surface area contributed by atoms with E-state index in [9.17, 15) is 23.9 Å². The lowest BCUT2D eigenvalue weighted by Crippen LogP contribution is -2.45. The maximum Gasteiger partial charge on any atom is 0.524 e. The fourth-order valence-electron chi connectivity index (χ4n) is 6.13. The second kappa shape index (κ2) is 16.4. The summed E-state index contributed by atoms with van der Waals surface area (Å²) in [5.74, 6) is -0.153. The number of hydrogen-bond acceptors (Lipinski definition) is 8. The number of ether oxygens (including phenoxy) is 2. The van der Waals surface area contributed by atoms with Gasteiger partial charge in [0, 0.05) is 37.9 Å². The molecule has 1 aliphatic carbocycles. The third-order valence-electron chi connectivity index (χ3n) is 8.43. The van der Waals surface area contributed by atoms with E-state index in [4.69, 9.17) is 14.0 Å². The third-order valence-corrected chi connectivity index (χ3v) is 8.86. The zero-order chi connectivity index (χ0) is 33.2. The van der Waals surface area contributed by atoms with Crippen LogP contribution in [0.15, 0.2) is 48.8 Å². The van der Waals surface area contributed by atoms with Crippen LogP contribution in [0.4, 0.5) is 5.69 Å². The first kappa shape index (κ1) is 34.6. The predicted octanol–water partition coefficient (Wildman–Crippen LogP) is 3.83. The molecule has 14 heteroatoms. The van der Waals surface area contributed by atoms with E-state index in [0.717, 1.165) is 48.8 Å². The molecule has 1 aromatic heterocycles. The molecule has 254 valence electrons. The highest BCUT2D eigenvalue weighted by Crippen LogP contribution is 2.46. The molecular weight excluding hydrogens is 625 g/mol. The molecule has 0 atom stereocenters. The molecule has 1 aliphatic heterocycles. The van der Waals surface area contributed by atoms with Crippen molar-refractivity contribution in [1.29, 1.82) is 0 Å². The molecule has 3 aromatic rings. The number of nitrogens with zero attached hydrogens (tertiary/aromatic N) is 3. The number of phosphoric acid groups is 1. The first-order chi connectivity index (χ1) is 22.7. The molecule has 2 amide bonds. The van der Waals surface area contributed by atoms with Crippen molar-refractivity contribution in [2.45, 2.75) is 57.4 Å². The van der Waals surface area contributed by atoms with Crippen LogP contribution >= 0.6 is 7.82 Å². The van der Waals surface area contributed by atoms with Crippen LogP contribution in [0.3, 0.4) is 0 Å². The van der Waals surface area contributed by atoms with Crippen molar-refractivity contribution in [1.82, 2.24) is 20.0 Å². The van der Waals surface area contributed by atoms with Gasteiger partial charge in [-0.1, -0.05) is 49.6 Å². The molecule has 2 aromatic carbocycles. The number of carbonyl (C=O) groups excluding carboxylic acids is 2. The average Bonchev–Trinajstić information content (AvgIpc) is 3.49. The largest absolute Gasteiger partial charge is 0.524 e. The number of aryl methyl sites for hydroxylation is 1. The number of anilines is 1. The Morgan fingerprint density at radius 1 is 1.13 bits per heavy atom. The normalized spacial score (nSPS) is 15.1. The van der Waals surface area contributed by atoms with Crippen LogP contribution in [0.1, 0.15) is 49.7 Å². The maximum absolute atomic E-state index is 13.4. The number of phosphoric ester groups is 1. The fraction of sp³-hybridized carbons (Fsp3) is 0.485. The minimum atomic E-state index is -4.83. The lowest BCUT2D eigenvalue weighted by atomic mass is 9.94. The van der Waals surface area contributed by atoms with Crippen LogP contribution < -0.4 is 19.9 Å². The molecule has 2 heterocycles. The molecular formula is C33H44N5O8P. The van der Waals surface area contributed by atoms with Crippen molar-refractivity contribution in [3.8, 4) is 22.6 Å². The van der Waals surface area contributed by atoms with Gasteiger partial charge in [0.25, 0.3) is 5.91 Å². The third kappa shape index (κ3) is 10.1. The van der Waals surface area contributed by atoms with Crippen LogP contribution in [0.5, 0.6) is 11.5 Å². The second-order valence-corrected chi connectivity index (χ2v) is 13.1. The van der Waals surface area contributed by atoms with E-state index >= 15 is 0 Å². The van der Waals surface area contributed by atoms with Gasteiger partial charge in [-0.05, 0) is 55.0 Å². The molecule has 4 N–H and O–H groups in total. The van der Waals surface area contributed by atoms with Crippen LogP contribution in [0.25, 0.3) is 11.1 Å². The summed E-state index contributed by atoms with van der Waals surface area (Å²) in [6, 6.07) is 11.7. The quantitative estimate of drug-likeness (QED) is 0.130. The number of benzene rings is 2. The van der Waals surface area contributed by atoms with E-state index in [-0.39, 0.29) is 30.0 Å². The number of aromatic nitrogens is 2. The van der Waals surface area contributed by atoms with E-state index in [2.05, 4.69) is 33.9 Å². The molecule has 47 heavy (non-hydrogen) atoms. The molecule has 2 aliphatic rings. The van der Waals surface area contributed by atoms with Gasteiger partial charge in [-0.3, -0.25) is 24.1 Å². The zero-order valence-electron chi connectivity index (χ0n) is 26.7. The van der Waals surface area contributed by atoms with Crippen molar-refractivity contribution in [3.05, 3.63) is 59.9 Å². The van der Waals surface area contributed by atoms with Gasteiger partial charge in [-0.25, -0.2) is 4.57 Å². The molecule has 0 radical (unpaired) electrons. The Morgan fingerprint density at radius 3 is 2.72 bits per heavy atom.